The van der Waals surface area contributed by atoms with Gasteiger partial charge in [0.05, 0.1) is 4.90 Å². The molecule has 0 unspecified atom stereocenters. The molecule has 25 heavy (non-hydrogen) atoms. The Morgan fingerprint density at radius 2 is 1.48 bits per heavy atom. The second-order valence-corrected chi connectivity index (χ2v) is 7.86. The number of rotatable bonds is 9. The van der Waals surface area contributed by atoms with Crippen LogP contribution < -0.4 is 51.4 Å². The molecule has 2 aromatic carbocycles. The van der Waals surface area contributed by atoms with Crippen molar-refractivity contribution < 1.29 is 64.4 Å². The Balaban J connectivity index is 0.00000312. The first kappa shape index (κ1) is 23.3. The molecule has 0 aliphatic carbocycles. The van der Waals surface area contributed by atoms with Crippen molar-refractivity contribution in [2.24, 2.45) is 0 Å². The molecule has 0 saturated heterocycles. The fourth-order valence-electron chi connectivity index (χ4n) is 3.10. The Kier molecular flexibility index (Phi) is 10.4. The number of unbranched alkanes of at least 4 members (excludes halogenated alkanes) is 4. The molecule has 3 nitrogen and oxygen atoms in total. The second kappa shape index (κ2) is 11.2. The molecular formula is C20H27KO3S. The zero-order chi connectivity index (χ0) is 17.6. The topological polar surface area (TPSA) is 57.2 Å². The normalized spacial score (nSPS) is 11.5. The SMILES string of the molecule is CCCCCc1ccc2cc(CCCCC)c(S(=O)(=O)[O-])cc2c1.[K+]. The van der Waals surface area contributed by atoms with Gasteiger partial charge in [-0.2, -0.15) is 0 Å². The van der Waals surface area contributed by atoms with E-state index in [9.17, 15) is 13.0 Å². The Morgan fingerprint density at radius 1 is 0.840 bits per heavy atom. The van der Waals surface area contributed by atoms with E-state index in [0.29, 0.717) is 12.0 Å². The minimum absolute atomic E-state index is 0. The molecule has 2 rings (SSSR count). The molecule has 0 saturated carbocycles. The van der Waals surface area contributed by atoms with Crippen molar-refractivity contribution in [1.29, 1.82) is 0 Å². The van der Waals surface area contributed by atoms with E-state index in [2.05, 4.69) is 19.9 Å². The smallest absolute Gasteiger partial charge is 0.744 e. The summed E-state index contributed by atoms with van der Waals surface area (Å²) in [6, 6.07) is 9.63. The Bertz CT molecular complexity index is 785. The number of fused-ring (bicyclic) bond motifs is 1. The molecular weight excluding hydrogens is 359 g/mol. The van der Waals surface area contributed by atoms with E-state index in [-0.39, 0.29) is 56.3 Å². The molecule has 2 aromatic rings. The quantitative estimate of drug-likeness (QED) is 0.377. The molecule has 0 fully saturated rings. The van der Waals surface area contributed by atoms with Crippen LogP contribution >= 0.6 is 0 Å². The summed E-state index contributed by atoms with van der Waals surface area (Å²) in [5, 5.41) is 1.85. The summed E-state index contributed by atoms with van der Waals surface area (Å²) >= 11 is 0. The third-order valence-corrected chi connectivity index (χ3v) is 5.39. The largest absolute Gasteiger partial charge is 1.00 e. The second-order valence-electron chi connectivity index (χ2n) is 6.51. The monoisotopic (exact) mass is 386 g/mol. The van der Waals surface area contributed by atoms with Crippen LogP contribution in [0.1, 0.15) is 63.5 Å². The zero-order valence-corrected chi connectivity index (χ0v) is 19.6. The van der Waals surface area contributed by atoms with Gasteiger partial charge in [-0.3, -0.25) is 0 Å². The predicted molar refractivity (Wildman–Crippen MR) is 98.4 cm³/mol. The van der Waals surface area contributed by atoms with E-state index >= 15 is 0 Å². The number of aryl methyl sites for hydroxylation is 2. The van der Waals surface area contributed by atoms with Crippen molar-refractivity contribution >= 4 is 20.9 Å². The molecule has 0 atom stereocenters. The maximum Gasteiger partial charge on any atom is 1.00 e. The first-order valence-electron chi connectivity index (χ1n) is 8.97. The molecule has 5 heteroatoms. The molecule has 132 valence electrons. The first-order chi connectivity index (χ1) is 11.5. The minimum Gasteiger partial charge on any atom is -0.744 e. The molecule has 0 aliphatic rings. The van der Waals surface area contributed by atoms with Crippen LogP contribution in [0.3, 0.4) is 0 Å². The summed E-state index contributed by atoms with van der Waals surface area (Å²) in [6.07, 6.45) is 8.12. The van der Waals surface area contributed by atoms with E-state index in [1.54, 1.807) is 6.07 Å². The van der Waals surface area contributed by atoms with Crippen LogP contribution in [0.4, 0.5) is 0 Å². The van der Waals surface area contributed by atoms with Crippen molar-refractivity contribution in [3.05, 3.63) is 41.5 Å². The first-order valence-corrected chi connectivity index (χ1v) is 10.4. The molecule has 0 radical (unpaired) electrons. The number of hydrogen-bond acceptors (Lipinski definition) is 3. The van der Waals surface area contributed by atoms with E-state index < -0.39 is 10.1 Å². The van der Waals surface area contributed by atoms with Gasteiger partial charge in [-0.15, -0.1) is 0 Å². The molecule has 0 aromatic heterocycles. The van der Waals surface area contributed by atoms with Crippen molar-refractivity contribution in [3.8, 4) is 0 Å². The van der Waals surface area contributed by atoms with E-state index in [1.807, 2.05) is 18.2 Å². The summed E-state index contributed by atoms with van der Waals surface area (Å²) < 4.78 is 35.0. The standard InChI is InChI=1S/C20H28O3S.K/c1-3-5-7-9-16-11-12-17-14-18(10-8-6-4-2)20(24(21,22)23)15-19(17)13-16;/h11-15H,3-10H2,1-2H3,(H,21,22,23);/q;+1/p-1. The molecule has 0 spiro atoms. The van der Waals surface area contributed by atoms with E-state index in [4.69, 9.17) is 0 Å². The van der Waals surface area contributed by atoms with Crippen LogP contribution in [0.25, 0.3) is 10.8 Å². The summed E-state index contributed by atoms with van der Waals surface area (Å²) in [5.41, 5.74) is 1.86. The van der Waals surface area contributed by atoms with Crippen LogP contribution in [0, 0.1) is 0 Å². The zero-order valence-electron chi connectivity index (χ0n) is 15.7. The van der Waals surface area contributed by atoms with Gasteiger partial charge in [0.15, 0.2) is 0 Å². The fourth-order valence-corrected chi connectivity index (χ4v) is 3.86. The van der Waals surface area contributed by atoms with Gasteiger partial charge in [-0.25, -0.2) is 8.42 Å². The van der Waals surface area contributed by atoms with Gasteiger partial charge in [0, 0.05) is 0 Å². The predicted octanol–water partition coefficient (Wildman–Crippen LogP) is 2.21. The van der Waals surface area contributed by atoms with Gasteiger partial charge in [-0.05, 0) is 59.7 Å². The number of benzene rings is 2. The summed E-state index contributed by atoms with van der Waals surface area (Å²) in [5.74, 6) is 0. The Morgan fingerprint density at radius 3 is 2.08 bits per heavy atom. The molecule has 0 aliphatic heterocycles. The van der Waals surface area contributed by atoms with Crippen molar-refractivity contribution in [1.82, 2.24) is 0 Å². The molecule has 0 amide bonds. The summed E-state index contributed by atoms with van der Waals surface area (Å²) in [7, 11) is -4.45. The van der Waals surface area contributed by atoms with E-state index in [1.165, 1.54) is 18.4 Å². The molecule has 0 N–H and O–H groups in total. The minimum atomic E-state index is -4.45. The van der Waals surface area contributed by atoms with Crippen LogP contribution in [-0.4, -0.2) is 13.0 Å². The molecule has 0 heterocycles. The van der Waals surface area contributed by atoms with Crippen LogP contribution in [0.5, 0.6) is 0 Å². The third kappa shape index (κ3) is 7.05. The maximum absolute atomic E-state index is 11.7. The molecule has 0 bridgehead atoms. The van der Waals surface area contributed by atoms with Gasteiger partial charge in [0.25, 0.3) is 0 Å². The van der Waals surface area contributed by atoms with Crippen molar-refractivity contribution in [2.75, 3.05) is 0 Å². The van der Waals surface area contributed by atoms with Crippen molar-refractivity contribution in [2.45, 2.75) is 70.1 Å². The van der Waals surface area contributed by atoms with Crippen LogP contribution in [0.2, 0.25) is 0 Å². The van der Waals surface area contributed by atoms with Gasteiger partial charge in [0.1, 0.15) is 10.1 Å². The number of hydrogen-bond donors (Lipinski definition) is 0. The van der Waals surface area contributed by atoms with Gasteiger partial charge in [-0.1, -0.05) is 57.7 Å². The van der Waals surface area contributed by atoms with Crippen LogP contribution in [0.15, 0.2) is 35.2 Å². The Labute approximate surface area is 194 Å². The maximum atomic E-state index is 11.7. The van der Waals surface area contributed by atoms with E-state index in [0.717, 1.165) is 42.9 Å². The Hall–Kier alpha value is 0.246. The summed E-state index contributed by atoms with van der Waals surface area (Å²) in [4.78, 5) is -0.0446. The van der Waals surface area contributed by atoms with Gasteiger partial charge >= 0.3 is 51.4 Å². The van der Waals surface area contributed by atoms with Gasteiger partial charge < -0.3 is 4.55 Å². The fraction of sp³-hybridized carbons (Fsp3) is 0.500. The third-order valence-electron chi connectivity index (χ3n) is 4.47. The average molecular weight is 387 g/mol. The van der Waals surface area contributed by atoms with Crippen LogP contribution in [-0.2, 0) is 23.0 Å². The summed E-state index contributed by atoms with van der Waals surface area (Å²) in [6.45, 7) is 4.28. The van der Waals surface area contributed by atoms with Crippen molar-refractivity contribution in [3.63, 3.8) is 0 Å². The van der Waals surface area contributed by atoms with Gasteiger partial charge in [0.2, 0.25) is 0 Å². The average Bonchev–Trinajstić information content (AvgIpc) is 2.54.